The number of aryl methyl sites for hydroxylation is 1. The number of anilines is 2. The lowest BCUT2D eigenvalue weighted by Gasteiger charge is -2.36. The number of nitrogens with zero attached hydrogens (tertiary/aromatic N) is 4. The molecule has 0 spiro atoms. The van der Waals surface area contributed by atoms with Gasteiger partial charge in [0.1, 0.15) is 5.82 Å². The molecular weight excluding hydrogens is 322 g/mol. The van der Waals surface area contributed by atoms with Crippen LogP contribution in [-0.2, 0) is 0 Å². The number of hydrogen-bond donors (Lipinski definition) is 1. The van der Waals surface area contributed by atoms with E-state index in [0.717, 1.165) is 57.2 Å². The Morgan fingerprint density at radius 3 is 2.54 bits per heavy atom. The van der Waals surface area contributed by atoms with E-state index >= 15 is 0 Å². The van der Waals surface area contributed by atoms with Gasteiger partial charge in [-0.2, -0.15) is 0 Å². The Bertz CT molecular complexity index is 621. The number of benzene rings is 1. The molecule has 3 rings (SSSR count). The molecule has 1 N–H and O–H groups in total. The molecule has 0 aliphatic carbocycles. The first-order valence-electron chi connectivity index (χ1n) is 8.48. The van der Waals surface area contributed by atoms with Gasteiger partial charge >= 0.3 is 0 Å². The first-order valence-corrected chi connectivity index (χ1v) is 8.86. The lowest BCUT2D eigenvalue weighted by Crippen LogP contribution is -2.46. The Morgan fingerprint density at radius 1 is 1.08 bits per heavy atom. The highest BCUT2D eigenvalue weighted by molar-refractivity contribution is 6.28. The highest BCUT2D eigenvalue weighted by Gasteiger charge is 2.16. The maximum absolute atomic E-state index is 5.87. The lowest BCUT2D eigenvalue weighted by atomic mass is 10.2. The van der Waals surface area contributed by atoms with Gasteiger partial charge in [0.15, 0.2) is 0 Å². The lowest BCUT2D eigenvalue weighted by molar-refractivity contribution is 0.257. The Balaban J connectivity index is 1.36. The molecule has 0 amide bonds. The van der Waals surface area contributed by atoms with Crippen LogP contribution in [0.2, 0.25) is 5.28 Å². The molecule has 1 aliphatic rings. The molecule has 6 heteroatoms. The summed E-state index contributed by atoms with van der Waals surface area (Å²) < 4.78 is 0. The van der Waals surface area contributed by atoms with Crippen LogP contribution < -0.4 is 10.2 Å². The van der Waals surface area contributed by atoms with Crippen molar-refractivity contribution in [3.63, 3.8) is 0 Å². The molecule has 128 valence electrons. The van der Waals surface area contributed by atoms with Gasteiger partial charge in [-0.15, -0.1) is 0 Å². The third-order valence-corrected chi connectivity index (χ3v) is 4.45. The minimum absolute atomic E-state index is 0.300. The smallest absolute Gasteiger partial charge is 0.224 e. The average Bonchev–Trinajstić information content (AvgIpc) is 2.59. The van der Waals surface area contributed by atoms with E-state index in [4.69, 9.17) is 11.6 Å². The van der Waals surface area contributed by atoms with Gasteiger partial charge in [-0.1, -0.05) is 18.2 Å². The summed E-state index contributed by atoms with van der Waals surface area (Å²) >= 11 is 5.87. The summed E-state index contributed by atoms with van der Waals surface area (Å²) in [5.74, 6) is 0.807. The second-order valence-electron chi connectivity index (χ2n) is 6.11. The largest absolute Gasteiger partial charge is 0.370 e. The molecule has 2 aromatic rings. The molecule has 1 aromatic heterocycles. The van der Waals surface area contributed by atoms with E-state index < -0.39 is 0 Å². The fourth-order valence-electron chi connectivity index (χ4n) is 3.01. The van der Waals surface area contributed by atoms with Gasteiger partial charge in [0.2, 0.25) is 5.28 Å². The van der Waals surface area contributed by atoms with Crippen molar-refractivity contribution in [2.24, 2.45) is 0 Å². The minimum atomic E-state index is 0.300. The number of nitrogens with one attached hydrogen (secondary N) is 1. The molecule has 1 aromatic carbocycles. The van der Waals surface area contributed by atoms with Gasteiger partial charge in [-0.3, -0.25) is 4.90 Å². The highest BCUT2D eigenvalue weighted by atomic mass is 35.5. The van der Waals surface area contributed by atoms with Gasteiger partial charge in [0.25, 0.3) is 0 Å². The van der Waals surface area contributed by atoms with Crippen LogP contribution in [-0.4, -0.2) is 54.1 Å². The van der Waals surface area contributed by atoms with E-state index in [1.165, 1.54) is 5.69 Å². The molecule has 2 heterocycles. The molecule has 0 radical (unpaired) electrons. The van der Waals surface area contributed by atoms with Gasteiger partial charge in [-0.25, -0.2) is 9.97 Å². The summed E-state index contributed by atoms with van der Waals surface area (Å²) in [6.45, 7) is 8.35. The summed E-state index contributed by atoms with van der Waals surface area (Å²) in [5.41, 5.74) is 2.21. The third kappa shape index (κ3) is 4.82. The van der Waals surface area contributed by atoms with Crippen LogP contribution in [0.1, 0.15) is 12.1 Å². The zero-order valence-corrected chi connectivity index (χ0v) is 14.8. The van der Waals surface area contributed by atoms with Crippen LogP contribution in [0.5, 0.6) is 0 Å². The summed E-state index contributed by atoms with van der Waals surface area (Å²) in [6.07, 6.45) is 1.09. The number of hydrogen-bond acceptors (Lipinski definition) is 5. The van der Waals surface area contributed by atoms with Crippen molar-refractivity contribution in [2.75, 3.05) is 49.5 Å². The van der Waals surface area contributed by atoms with E-state index in [9.17, 15) is 0 Å². The normalized spacial score (nSPS) is 15.5. The topological polar surface area (TPSA) is 44.3 Å². The zero-order chi connectivity index (χ0) is 16.8. The minimum Gasteiger partial charge on any atom is -0.370 e. The molecular formula is C18H24ClN5. The van der Waals surface area contributed by atoms with Crippen molar-refractivity contribution in [1.29, 1.82) is 0 Å². The van der Waals surface area contributed by atoms with Crippen LogP contribution in [0, 0.1) is 6.92 Å². The maximum Gasteiger partial charge on any atom is 0.224 e. The molecule has 0 bridgehead atoms. The van der Waals surface area contributed by atoms with E-state index in [-0.39, 0.29) is 0 Å². The Hall–Kier alpha value is -1.85. The van der Waals surface area contributed by atoms with Crippen molar-refractivity contribution in [3.05, 3.63) is 47.4 Å². The molecule has 0 atom stereocenters. The number of aromatic nitrogens is 2. The molecule has 0 unspecified atom stereocenters. The second kappa shape index (κ2) is 8.31. The standard InChI is InChI=1S/C18H24ClN5/c1-15-14-17(22-18(19)21-15)20-8-5-9-23-10-12-24(13-11-23)16-6-3-2-4-7-16/h2-4,6-7,14H,5,8-13H2,1H3,(H,20,21,22). The van der Waals surface area contributed by atoms with Crippen LogP contribution in [0.25, 0.3) is 0 Å². The van der Waals surface area contributed by atoms with Crippen LogP contribution >= 0.6 is 11.6 Å². The molecule has 24 heavy (non-hydrogen) atoms. The number of rotatable bonds is 6. The molecule has 0 saturated carbocycles. The Kier molecular flexibility index (Phi) is 5.88. The van der Waals surface area contributed by atoms with Crippen molar-refractivity contribution in [3.8, 4) is 0 Å². The average molecular weight is 346 g/mol. The third-order valence-electron chi connectivity index (χ3n) is 4.28. The molecule has 1 aliphatic heterocycles. The van der Waals surface area contributed by atoms with E-state index in [1.54, 1.807) is 0 Å². The Morgan fingerprint density at radius 2 is 1.83 bits per heavy atom. The Labute approximate surface area is 148 Å². The highest BCUT2D eigenvalue weighted by Crippen LogP contribution is 2.15. The number of piperazine rings is 1. The van der Waals surface area contributed by atoms with E-state index in [2.05, 4.69) is 55.4 Å². The number of halogens is 1. The second-order valence-corrected chi connectivity index (χ2v) is 6.45. The van der Waals surface area contributed by atoms with Crippen molar-refractivity contribution >= 4 is 23.1 Å². The summed E-state index contributed by atoms with van der Waals surface area (Å²) in [5, 5.41) is 3.63. The maximum atomic E-state index is 5.87. The zero-order valence-electron chi connectivity index (χ0n) is 14.1. The molecule has 1 saturated heterocycles. The first kappa shape index (κ1) is 17.0. The number of para-hydroxylation sites is 1. The van der Waals surface area contributed by atoms with Crippen LogP contribution in [0.15, 0.2) is 36.4 Å². The van der Waals surface area contributed by atoms with E-state index in [0.29, 0.717) is 5.28 Å². The quantitative estimate of drug-likeness (QED) is 0.644. The predicted octanol–water partition coefficient (Wildman–Crippen LogP) is 3.06. The van der Waals surface area contributed by atoms with Gasteiger partial charge in [0.05, 0.1) is 0 Å². The summed E-state index contributed by atoms with van der Waals surface area (Å²) in [7, 11) is 0. The first-order chi connectivity index (χ1) is 11.7. The van der Waals surface area contributed by atoms with E-state index in [1.807, 2.05) is 13.0 Å². The molecule has 1 fully saturated rings. The van der Waals surface area contributed by atoms with Gasteiger partial charge in [0, 0.05) is 50.2 Å². The van der Waals surface area contributed by atoms with Gasteiger partial charge < -0.3 is 10.2 Å². The fourth-order valence-corrected chi connectivity index (χ4v) is 3.23. The monoisotopic (exact) mass is 345 g/mol. The summed E-state index contributed by atoms with van der Waals surface area (Å²) in [4.78, 5) is 13.2. The fraction of sp³-hybridized carbons (Fsp3) is 0.444. The van der Waals surface area contributed by atoms with Crippen molar-refractivity contribution in [2.45, 2.75) is 13.3 Å². The van der Waals surface area contributed by atoms with Crippen molar-refractivity contribution < 1.29 is 0 Å². The van der Waals surface area contributed by atoms with Crippen LogP contribution in [0.4, 0.5) is 11.5 Å². The van der Waals surface area contributed by atoms with Gasteiger partial charge in [-0.05, 0) is 43.6 Å². The SMILES string of the molecule is Cc1cc(NCCCN2CCN(c3ccccc3)CC2)nc(Cl)n1. The van der Waals surface area contributed by atoms with Crippen LogP contribution in [0.3, 0.4) is 0 Å². The summed E-state index contributed by atoms with van der Waals surface area (Å²) in [6, 6.07) is 12.6. The van der Waals surface area contributed by atoms with Crippen molar-refractivity contribution in [1.82, 2.24) is 14.9 Å². The molecule has 5 nitrogen and oxygen atoms in total. The predicted molar refractivity (Wildman–Crippen MR) is 100.0 cm³/mol.